The third kappa shape index (κ3) is 3.52. The molecule has 3 rings (SSSR count). The Morgan fingerprint density at radius 2 is 2.00 bits per heavy atom. The molecule has 0 aliphatic carbocycles. The van der Waals surface area contributed by atoms with Gasteiger partial charge in [-0.15, -0.1) is 16.4 Å². The molecule has 0 bridgehead atoms. The topological polar surface area (TPSA) is 56.5 Å². The highest BCUT2D eigenvalue weighted by molar-refractivity contribution is 7.98. The lowest BCUT2D eigenvalue weighted by atomic mass is 9.98. The van der Waals surface area contributed by atoms with Crippen molar-refractivity contribution in [2.45, 2.75) is 50.9 Å². The van der Waals surface area contributed by atoms with E-state index in [1.165, 1.54) is 11.1 Å². The Hall–Kier alpha value is -1.73. The van der Waals surface area contributed by atoms with Crippen LogP contribution in [0.5, 0.6) is 0 Å². The van der Waals surface area contributed by atoms with Crippen LogP contribution in [-0.2, 0) is 11.2 Å². The van der Waals surface area contributed by atoms with E-state index in [0.29, 0.717) is 0 Å². The molecule has 24 heavy (non-hydrogen) atoms. The summed E-state index contributed by atoms with van der Waals surface area (Å²) in [6.07, 6.45) is 0. The molecule has 7 heteroatoms. The van der Waals surface area contributed by atoms with Crippen molar-refractivity contribution >= 4 is 23.1 Å². The normalized spacial score (nSPS) is 11.9. The van der Waals surface area contributed by atoms with Crippen molar-refractivity contribution in [1.82, 2.24) is 25.2 Å². The van der Waals surface area contributed by atoms with Crippen LogP contribution in [0, 0.1) is 13.8 Å². The second-order valence-corrected chi connectivity index (χ2v) is 8.58. The van der Waals surface area contributed by atoms with E-state index in [9.17, 15) is 0 Å². The van der Waals surface area contributed by atoms with Crippen molar-refractivity contribution in [2.24, 2.45) is 0 Å². The Bertz CT molecular complexity index is 845. The van der Waals surface area contributed by atoms with Gasteiger partial charge in [0.2, 0.25) is 5.16 Å². The molecule has 0 atom stereocenters. The van der Waals surface area contributed by atoms with E-state index in [2.05, 4.69) is 61.6 Å². The van der Waals surface area contributed by atoms with Crippen LogP contribution in [0.4, 0.5) is 0 Å². The van der Waals surface area contributed by atoms with Gasteiger partial charge in [-0.2, -0.15) is 4.68 Å². The number of benzene rings is 1. The van der Waals surface area contributed by atoms with Crippen molar-refractivity contribution in [3.8, 4) is 5.69 Å². The van der Waals surface area contributed by atoms with Gasteiger partial charge in [-0.05, 0) is 41.5 Å². The minimum absolute atomic E-state index is 0.0911. The SMILES string of the molecule is Cc1cccc(-n2nnnc2SCc2csc(C(C)(C)C)n2)c1C. The predicted octanol–water partition coefficient (Wildman–Crippen LogP) is 4.33. The molecular formula is C17H21N5S2. The van der Waals surface area contributed by atoms with Gasteiger partial charge in [0.1, 0.15) is 0 Å². The Labute approximate surface area is 150 Å². The standard InChI is InChI=1S/C17H21N5S2/c1-11-7-6-8-14(12(11)2)22-16(19-20-21-22)24-10-13-9-23-15(18-13)17(3,4)5/h6-9H,10H2,1-5H3. The monoisotopic (exact) mass is 359 g/mol. The minimum atomic E-state index is 0.0911. The molecule has 2 aromatic heterocycles. The maximum absolute atomic E-state index is 4.73. The molecule has 0 unspecified atom stereocenters. The second kappa shape index (κ2) is 6.64. The van der Waals surface area contributed by atoms with E-state index in [-0.39, 0.29) is 5.41 Å². The van der Waals surface area contributed by atoms with Gasteiger partial charge in [-0.25, -0.2) is 4.98 Å². The largest absolute Gasteiger partial charge is 0.245 e. The molecule has 0 N–H and O–H groups in total. The molecule has 0 aliphatic heterocycles. The van der Waals surface area contributed by atoms with E-state index in [1.54, 1.807) is 23.1 Å². The van der Waals surface area contributed by atoms with Gasteiger partial charge in [-0.1, -0.05) is 44.7 Å². The summed E-state index contributed by atoms with van der Waals surface area (Å²) in [6, 6.07) is 6.17. The average molecular weight is 360 g/mol. The van der Waals surface area contributed by atoms with Crippen LogP contribution >= 0.6 is 23.1 Å². The highest BCUT2D eigenvalue weighted by atomic mass is 32.2. The quantitative estimate of drug-likeness (QED) is 0.649. The van der Waals surface area contributed by atoms with Crippen LogP contribution in [0.2, 0.25) is 0 Å². The Kier molecular flexibility index (Phi) is 4.73. The van der Waals surface area contributed by atoms with Gasteiger partial charge < -0.3 is 0 Å². The van der Waals surface area contributed by atoms with Crippen molar-refractivity contribution in [3.63, 3.8) is 0 Å². The van der Waals surface area contributed by atoms with Crippen LogP contribution in [0.1, 0.15) is 42.6 Å². The number of tetrazole rings is 1. The maximum atomic E-state index is 4.73. The van der Waals surface area contributed by atoms with Crippen LogP contribution in [0.15, 0.2) is 28.7 Å². The molecule has 1 aromatic carbocycles. The molecule has 0 fully saturated rings. The number of aromatic nitrogens is 5. The van der Waals surface area contributed by atoms with Gasteiger partial charge in [0, 0.05) is 16.5 Å². The first-order chi connectivity index (χ1) is 11.4. The van der Waals surface area contributed by atoms with E-state index in [4.69, 9.17) is 4.98 Å². The van der Waals surface area contributed by atoms with E-state index >= 15 is 0 Å². The average Bonchev–Trinajstić information content (AvgIpc) is 3.16. The third-order valence-corrected chi connectivity index (χ3v) is 6.06. The number of thioether (sulfide) groups is 1. The molecule has 3 aromatic rings. The van der Waals surface area contributed by atoms with Gasteiger partial charge >= 0.3 is 0 Å². The molecular weight excluding hydrogens is 338 g/mol. The van der Waals surface area contributed by atoms with Gasteiger partial charge in [0.15, 0.2) is 0 Å². The summed E-state index contributed by atoms with van der Waals surface area (Å²) in [5, 5.41) is 16.3. The van der Waals surface area contributed by atoms with Crippen LogP contribution in [0.3, 0.4) is 0 Å². The highest BCUT2D eigenvalue weighted by Gasteiger charge is 2.18. The fourth-order valence-electron chi connectivity index (χ4n) is 2.24. The fraction of sp³-hybridized carbons (Fsp3) is 0.412. The fourth-order valence-corrected chi connectivity index (χ4v) is 4.03. The zero-order chi connectivity index (χ0) is 17.3. The first-order valence-corrected chi connectivity index (χ1v) is 9.65. The highest BCUT2D eigenvalue weighted by Crippen LogP contribution is 2.29. The van der Waals surface area contributed by atoms with Crippen LogP contribution in [-0.4, -0.2) is 25.2 Å². The first-order valence-electron chi connectivity index (χ1n) is 7.79. The van der Waals surface area contributed by atoms with Crippen molar-refractivity contribution in [1.29, 1.82) is 0 Å². The Morgan fingerprint density at radius 3 is 2.71 bits per heavy atom. The summed E-state index contributed by atoms with van der Waals surface area (Å²) in [7, 11) is 0. The number of thiazole rings is 1. The van der Waals surface area contributed by atoms with Crippen LogP contribution < -0.4 is 0 Å². The number of nitrogens with zero attached hydrogens (tertiary/aromatic N) is 5. The van der Waals surface area contributed by atoms with Gasteiger partial charge in [-0.3, -0.25) is 0 Å². The predicted molar refractivity (Wildman–Crippen MR) is 99.0 cm³/mol. The Balaban J connectivity index is 1.79. The summed E-state index contributed by atoms with van der Waals surface area (Å²) in [4.78, 5) is 4.73. The summed E-state index contributed by atoms with van der Waals surface area (Å²) in [5.74, 6) is 0.762. The zero-order valence-electron chi connectivity index (χ0n) is 14.6. The zero-order valence-corrected chi connectivity index (χ0v) is 16.2. The van der Waals surface area contributed by atoms with E-state index in [1.807, 2.05) is 16.8 Å². The molecule has 126 valence electrons. The van der Waals surface area contributed by atoms with Gasteiger partial charge in [0.05, 0.1) is 16.4 Å². The number of hydrogen-bond acceptors (Lipinski definition) is 6. The number of hydrogen-bond donors (Lipinski definition) is 0. The molecule has 0 spiro atoms. The van der Waals surface area contributed by atoms with Crippen molar-refractivity contribution < 1.29 is 0 Å². The second-order valence-electron chi connectivity index (χ2n) is 6.77. The molecule has 0 amide bonds. The van der Waals surface area contributed by atoms with Gasteiger partial charge in [0.25, 0.3) is 0 Å². The van der Waals surface area contributed by atoms with E-state index < -0.39 is 0 Å². The number of rotatable bonds is 4. The number of aryl methyl sites for hydroxylation is 1. The van der Waals surface area contributed by atoms with Crippen molar-refractivity contribution in [3.05, 3.63) is 45.4 Å². The lowest BCUT2D eigenvalue weighted by Crippen LogP contribution is -2.10. The summed E-state index contributed by atoms with van der Waals surface area (Å²) in [5.41, 5.74) is 4.61. The third-order valence-electron chi connectivity index (χ3n) is 3.79. The maximum Gasteiger partial charge on any atom is 0.214 e. The molecule has 5 nitrogen and oxygen atoms in total. The molecule has 0 saturated carbocycles. The molecule has 0 saturated heterocycles. The summed E-state index contributed by atoms with van der Waals surface area (Å²) < 4.78 is 1.81. The van der Waals surface area contributed by atoms with Crippen molar-refractivity contribution in [2.75, 3.05) is 0 Å². The van der Waals surface area contributed by atoms with Crippen LogP contribution in [0.25, 0.3) is 5.69 Å². The molecule has 2 heterocycles. The lowest BCUT2D eigenvalue weighted by Gasteiger charge is -2.13. The molecule has 0 radical (unpaired) electrons. The first kappa shape index (κ1) is 17.1. The Morgan fingerprint density at radius 1 is 1.21 bits per heavy atom. The smallest absolute Gasteiger partial charge is 0.214 e. The van der Waals surface area contributed by atoms with E-state index in [0.717, 1.165) is 27.3 Å². The molecule has 0 aliphatic rings. The minimum Gasteiger partial charge on any atom is -0.245 e. The summed E-state index contributed by atoms with van der Waals surface area (Å²) >= 11 is 3.33. The lowest BCUT2D eigenvalue weighted by molar-refractivity contribution is 0.584. The summed E-state index contributed by atoms with van der Waals surface area (Å²) in [6.45, 7) is 10.7.